The van der Waals surface area contributed by atoms with Gasteiger partial charge in [-0.15, -0.1) is 5.10 Å². The molecule has 1 unspecified atom stereocenters. The van der Waals surface area contributed by atoms with Crippen molar-refractivity contribution in [3.8, 4) is 0 Å². The van der Waals surface area contributed by atoms with Crippen LogP contribution in [0, 0.1) is 10.1 Å². The lowest BCUT2D eigenvalue weighted by Gasteiger charge is -2.07. The van der Waals surface area contributed by atoms with Crippen molar-refractivity contribution in [1.82, 2.24) is 9.78 Å². The number of rotatable bonds is 3. The molecule has 1 N–H and O–H groups in total. The summed E-state index contributed by atoms with van der Waals surface area (Å²) >= 11 is 0. The summed E-state index contributed by atoms with van der Waals surface area (Å²) in [4.78, 5) is 10.1. The van der Waals surface area contributed by atoms with E-state index in [1.54, 1.807) is 7.05 Å². The third-order valence-electron chi connectivity index (χ3n) is 2.26. The van der Waals surface area contributed by atoms with Gasteiger partial charge in [-0.25, -0.2) is 8.42 Å². The summed E-state index contributed by atoms with van der Waals surface area (Å²) in [5.41, 5.74) is -0.176. The maximum Gasteiger partial charge on any atom is 0.330 e. The number of sulfone groups is 1. The van der Waals surface area contributed by atoms with Gasteiger partial charge in [0.1, 0.15) is 6.20 Å². The summed E-state index contributed by atoms with van der Waals surface area (Å²) in [5, 5.41) is 18.4. The number of hydrogen-bond donors (Lipinski definition) is 1. The van der Waals surface area contributed by atoms with Crippen LogP contribution in [0.4, 0.5) is 11.5 Å². The van der Waals surface area contributed by atoms with Crippen LogP contribution in [0.2, 0.25) is 0 Å². The molecule has 8 nitrogen and oxygen atoms in total. The monoisotopic (exact) mass is 258 g/mol. The average Bonchev–Trinajstić information content (AvgIpc) is 2.70. The van der Waals surface area contributed by atoms with Crippen molar-refractivity contribution in [3.05, 3.63) is 27.8 Å². The second-order valence-corrected chi connectivity index (χ2v) is 5.63. The molecule has 2 heterocycles. The van der Waals surface area contributed by atoms with E-state index in [9.17, 15) is 18.5 Å². The first-order valence-electron chi connectivity index (χ1n) is 4.73. The van der Waals surface area contributed by atoms with E-state index < -0.39 is 20.8 Å². The molecule has 9 heteroatoms. The average molecular weight is 258 g/mol. The zero-order valence-electron chi connectivity index (χ0n) is 8.90. The minimum absolute atomic E-state index is 0.0734. The van der Waals surface area contributed by atoms with Crippen LogP contribution < -0.4 is 5.32 Å². The summed E-state index contributed by atoms with van der Waals surface area (Å²) in [7, 11) is -1.63. The molecular formula is C8H10N4O4S. The highest BCUT2D eigenvalue weighted by Gasteiger charge is 2.26. The minimum Gasteiger partial charge on any atom is -0.356 e. The maximum atomic E-state index is 11.2. The molecule has 1 aliphatic rings. The Labute approximate surface area is 97.0 Å². The molecule has 1 atom stereocenters. The van der Waals surface area contributed by atoms with E-state index in [-0.39, 0.29) is 17.3 Å². The molecule has 2 rings (SSSR count). The SMILES string of the molecule is Cn1cc([N+](=O)[O-])c(NC2C=CS(=O)(=O)C2)n1. The quantitative estimate of drug-likeness (QED) is 0.606. The Morgan fingerprint density at radius 1 is 1.65 bits per heavy atom. The van der Waals surface area contributed by atoms with Crippen molar-refractivity contribution in [2.75, 3.05) is 11.1 Å². The lowest BCUT2D eigenvalue weighted by Crippen LogP contribution is -2.21. The Hall–Kier alpha value is -1.90. The van der Waals surface area contributed by atoms with Crippen LogP contribution in [0.25, 0.3) is 0 Å². The van der Waals surface area contributed by atoms with Crippen LogP contribution in [0.1, 0.15) is 0 Å². The third-order valence-corrected chi connectivity index (χ3v) is 3.65. The lowest BCUT2D eigenvalue weighted by atomic mass is 10.3. The molecule has 17 heavy (non-hydrogen) atoms. The van der Waals surface area contributed by atoms with Gasteiger partial charge in [-0.2, -0.15) is 0 Å². The van der Waals surface area contributed by atoms with E-state index >= 15 is 0 Å². The molecule has 92 valence electrons. The maximum absolute atomic E-state index is 11.2. The molecule has 0 amide bonds. The van der Waals surface area contributed by atoms with E-state index in [1.807, 2.05) is 0 Å². The predicted molar refractivity (Wildman–Crippen MR) is 60.2 cm³/mol. The fourth-order valence-electron chi connectivity index (χ4n) is 1.55. The van der Waals surface area contributed by atoms with E-state index in [0.717, 1.165) is 5.41 Å². The smallest absolute Gasteiger partial charge is 0.330 e. The number of nitrogens with zero attached hydrogens (tertiary/aromatic N) is 3. The van der Waals surface area contributed by atoms with Crippen LogP contribution >= 0.6 is 0 Å². The van der Waals surface area contributed by atoms with Crippen molar-refractivity contribution >= 4 is 21.3 Å². The highest BCUT2D eigenvalue weighted by Crippen LogP contribution is 2.23. The van der Waals surface area contributed by atoms with Crippen molar-refractivity contribution in [1.29, 1.82) is 0 Å². The van der Waals surface area contributed by atoms with E-state index in [1.165, 1.54) is 17.0 Å². The van der Waals surface area contributed by atoms with Gasteiger partial charge in [0.05, 0.1) is 16.7 Å². The van der Waals surface area contributed by atoms with Gasteiger partial charge >= 0.3 is 5.69 Å². The first kappa shape index (κ1) is 11.6. The van der Waals surface area contributed by atoms with Gasteiger partial charge in [0.2, 0.25) is 5.82 Å². The van der Waals surface area contributed by atoms with Gasteiger partial charge in [0.25, 0.3) is 0 Å². The largest absolute Gasteiger partial charge is 0.356 e. The molecule has 1 aliphatic heterocycles. The van der Waals surface area contributed by atoms with E-state index in [4.69, 9.17) is 0 Å². The van der Waals surface area contributed by atoms with Crippen LogP contribution in [0.5, 0.6) is 0 Å². The zero-order chi connectivity index (χ0) is 12.6. The molecule has 0 aliphatic carbocycles. The van der Waals surface area contributed by atoms with Gasteiger partial charge in [0.15, 0.2) is 9.84 Å². The van der Waals surface area contributed by atoms with E-state index in [2.05, 4.69) is 10.4 Å². The fourth-order valence-corrected chi connectivity index (χ4v) is 2.79. The fraction of sp³-hybridized carbons (Fsp3) is 0.375. The Morgan fingerprint density at radius 3 is 2.88 bits per heavy atom. The van der Waals surface area contributed by atoms with Crippen molar-refractivity contribution in [2.24, 2.45) is 7.05 Å². The normalized spacial score (nSPS) is 21.6. The summed E-state index contributed by atoms with van der Waals surface area (Å²) < 4.78 is 23.6. The second-order valence-electron chi connectivity index (χ2n) is 3.70. The van der Waals surface area contributed by atoms with Crippen molar-refractivity contribution in [3.63, 3.8) is 0 Å². The minimum atomic E-state index is -3.19. The molecule has 1 aromatic rings. The number of anilines is 1. The first-order valence-corrected chi connectivity index (χ1v) is 6.44. The van der Waals surface area contributed by atoms with Gasteiger partial charge in [-0.3, -0.25) is 14.8 Å². The van der Waals surface area contributed by atoms with Crippen molar-refractivity contribution in [2.45, 2.75) is 6.04 Å². The Bertz CT molecular complexity index is 589. The standard InChI is InChI=1S/C8H10N4O4S/c1-11-4-7(12(13)14)8(10-11)9-6-2-3-17(15,16)5-6/h2-4,6H,5H2,1H3,(H,9,10). The topological polar surface area (TPSA) is 107 Å². The van der Waals surface area contributed by atoms with Crippen LogP contribution in [0.3, 0.4) is 0 Å². The molecule has 0 bridgehead atoms. The molecule has 0 aromatic carbocycles. The summed E-state index contributed by atoms with van der Waals surface area (Å²) in [6, 6.07) is -0.478. The zero-order valence-corrected chi connectivity index (χ0v) is 9.72. The highest BCUT2D eigenvalue weighted by molar-refractivity contribution is 7.94. The lowest BCUT2D eigenvalue weighted by molar-refractivity contribution is -0.384. The Kier molecular flexibility index (Phi) is 2.62. The number of aryl methyl sites for hydroxylation is 1. The van der Waals surface area contributed by atoms with Crippen LogP contribution in [0.15, 0.2) is 17.7 Å². The van der Waals surface area contributed by atoms with Crippen molar-refractivity contribution < 1.29 is 13.3 Å². The molecule has 1 aromatic heterocycles. The Balaban J connectivity index is 2.20. The molecular weight excluding hydrogens is 248 g/mol. The second kappa shape index (κ2) is 3.84. The Morgan fingerprint density at radius 2 is 2.35 bits per heavy atom. The van der Waals surface area contributed by atoms with Gasteiger partial charge in [0, 0.05) is 12.5 Å². The third kappa shape index (κ3) is 2.44. The molecule has 0 radical (unpaired) electrons. The number of hydrogen-bond acceptors (Lipinski definition) is 6. The molecule has 0 saturated carbocycles. The first-order chi connectivity index (χ1) is 7.87. The molecule has 0 spiro atoms. The highest BCUT2D eigenvalue weighted by atomic mass is 32.2. The summed E-state index contributed by atoms with van der Waals surface area (Å²) in [5.74, 6) is -0.0370. The van der Waals surface area contributed by atoms with Crippen LogP contribution in [-0.2, 0) is 16.9 Å². The molecule has 0 saturated heterocycles. The van der Waals surface area contributed by atoms with Gasteiger partial charge in [-0.05, 0) is 6.08 Å². The van der Waals surface area contributed by atoms with Gasteiger partial charge in [-0.1, -0.05) is 0 Å². The number of nitro groups is 1. The number of aromatic nitrogens is 2. The van der Waals surface area contributed by atoms with Crippen LogP contribution in [-0.4, -0.2) is 34.9 Å². The molecule has 0 fully saturated rings. The summed E-state index contributed by atoms with van der Waals surface area (Å²) in [6.45, 7) is 0. The predicted octanol–water partition coefficient (Wildman–Crippen LogP) is 0.0509. The number of nitrogens with one attached hydrogen (secondary N) is 1. The van der Waals surface area contributed by atoms with Gasteiger partial charge < -0.3 is 5.32 Å². The van der Waals surface area contributed by atoms with E-state index in [0.29, 0.717) is 0 Å². The summed E-state index contributed by atoms with van der Waals surface area (Å²) in [6.07, 6.45) is 2.71.